The highest BCUT2D eigenvalue weighted by Crippen LogP contribution is 2.27. The second kappa shape index (κ2) is 3.94. The summed E-state index contributed by atoms with van der Waals surface area (Å²) in [6.07, 6.45) is -0.00979. The van der Waals surface area contributed by atoms with E-state index in [0.717, 1.165) is 4.47 Å². The maximum absolute atomic E-state index is 11.5. The molecule has 0 radical (unpaired) electrons. The van der Waals surface area contributed by atoms with Crippen molar-refractivity contribution < 1.29 is 9.59 Å². The number of hydrogen-bond donors (Lipinski definition) is 0. The number of rotatable bonds is 1. The number of amides is 1. The first-order valence-corrected chi connectivity index (χ1v) is 5.51. The van der Waals surface area contributed by atoms with Gasteiger partial charge in [0.1, 0.15) is 0 Å². The summed E-state index contributed by atoms with van der Waals surface area (Å²) in [6, 6.07) is 5.17. The summed E-state index contributed by atoms with van der Waals surface area (Å²) in [7, 11) is 0. The summed E-state index contributed by atoms with van der Waals surface area (Å²) in [4.78, 5) is 24.0. The van der Waals surface area contributed by atoms with E-state index in [1.807, 2.05) is 0 Å². The number of benzene rings is 1. The smallest absolute Gasteiger partial charge is 0.234 e. The standard InChI is InChI=1S/C10H7BrClNO2/c11-6-1-7(12)3-8(2-6)13-5-9(14)4-10(13)15/h1-3H,4-5H2. The molecule has 0 aliphatic carbocycles. The molecule has 0 unspecified atom stereocenters. The van der Waals surface area contributed by atoms with Gasteiger partial charge in [-0.3, -0.25) is 9.59 Å². The summed E-state index contributed by atoms with van der Waals surface area (Å²) in [6.45, 7) is 0.144. The molecule has 1 amide bonds. The number of carbonyl (C=O) groups is 2. The van der Waals surface area contributed by atoms with Crippen LogP contribution in [0.2, 0.25) is 5.02 Å². The number of Topliss-reactive ketones (excluding diaryl/α,β-unsaturated/α-hetero) is 1. The van der Waals surface area contributed by atoms with Gasteiger partial charge in [-0.25, -0.2) is 0 Å². The molecule has 1 heterocycles. The quantitative estimate of drug-likeness (QED) is 0.744. The average Bonchev–Trinajstić information content (AvgIpc) is 2.43. The topological polar surface area (TPSA) is 37.4 Å². The number of hydrogen-bond acceptors (Lipinski definition) is 2. The molecule has 0 N–H and O–H groups in total. The number of nitrogens with zero attached hydrogens (tertiary/aromatic N) is 1. The maximum atomic E-state index is 11.5. The Bertz CT molecular complexity index is 427. The third kappa shape index (κ3) is 2.21. The Labute approximate surface area is 100 Å². The zero-order valence-corrected chi connectivity index (χ0v) is 10.0. The minimum atomic E-state index is -0.172. The first kappa shape index (κ1) is 10.6. The van der Waals surface area contributed by atoms with Crippen molar-refractivity contribution in [3.63, 3.8) is 0 Å². The van der Waals surface area contributed by atoms with Crippen molar-refractivity contribution in [2.75, 3.05) is 11.4 Å². The lowest BCUT2D eigenvalue weighted by atomic mass is 10.3. The Morgan fingerprint density at radius 1 is 1.27 bits per heavy atom. The maximum Gasteiger partial charge on any atom is 0.234 e. The number of ketones is 1. The molecule has 3 nitrogen and oxygen atoms in total. The largest absolute Gasteiger partial charge is 0.305 e. The van der Waals surface area contributed by atoms with Crippen LogP contribution in [0.15, 0.2) is 22.7 Å². The molecular formula is C10H7BrClNO2. The predicted molar refractivity (Wildman–Crippen MR) is 61.1 cm³/mol. The van der Waals surface area contributed by atoms with Gasteiger partial charge in [0.05, 0.1) is 13.0 Å². The Hall–Kier alpha value is -0.870. The third-order valence-electron chi connectivity index (χ3n) is 2.14. The van der Waals surface area contributed by atoms with Gasteiger partial charge in [0, 0.05) is 15.2 Å². The number of halogens is 2. The van der Waals surface area contributed by atoms with Crippen molar-refractivity contribution in [3.8, 4) is 0 Å². The van der Waals surface area contributed by atoms with Gasteiger partial charge in [0.25, 0.3) is 0 Å². The van der Waals surface area contributed by atoms with Crippen LogP contribution in [0.4, 0.5) is 5.69 Å². The summed E-state index contributed by atoms with van der Waals surface area (Å²) >= 11 is 9.15. The molecule has 5 heteroatoms. The average molecular weight is 289 g/mol. The predicted octanol–water partition coefficient (Wildman–Crippen LogP) is 2.41. The van der Waals surface area contributed by atoms with Crippen molar-refractivity contribution in [1.29, 1.82) is 0 Å². The molecule has 2 rings (SSSR count). The first-order chi connectivity index (χ1) is 7.06. The molecule has 0 spiro atoms. The number of anilines is 1. The number of carbonyl (C=O) groups excluding carboxylic acids is 2. The van der Waals surface area contributed by atoms with Crippen LogP contribution in [-0.2, 0) is 9.59 Å². The van der Waals surface area contributed by atoms with E-state index in [1.165, 1.54) is 4.90 Å². The Morgan fingerprint density at radius 2 is 2.00 bits per heavy atom. The summed E-state index contributed by atoms with van der Waals surface area (Å²) in [5, 5.41) is 0.534. The fourth-order valence-electron chi connectivity index (χ4n) is 1.51. The molecule has 1 aliphatic rings. The molecule has 1 aromatic rings. The van der Waals surface area contributed by atoms with E-state index < -0.39 is 0 Å². The Morgan fingerprint density at radius 3 is 2.53 bits per heavy atom. The lowest BCUT2D eigenvalue weighted by Crippen LogP contribution is -2.24. The van der Waals surface area contributed by atoms with Crippen LogP contribution < -0.4 is 4.90 Å². The molecule has 1 aliphatic heterocycles. The Kier molecular flexibility index (Phi) is 2.80. The van der Waals surface area contributed by atoms with Crippen LogP contribution in [0.5, 0.6) is 0 Å². The van der Waals surface area contributed by atoms with E-state index in [4.69, 9.17) is 11.6 Å². The SMILES string of the molecule is O=C1CC(=O)N(c2cc(Cl)cc(Br)c2)C1. The van der Waals surface area contributed by atoms with Crippen LogP contribution in [-0.4, -0.2) is 18.2 Å². The summed E-state index contributed by atoms with van der Waals surface area (Å²) in [5.74, 6) is -0.231. The molecule has 0 aromatic heterocycles. The molecule has 0 bridgehead atoms. The van der Waals surface area contributed by atoms with Crippen LogP contribution in [0.25, 0.3) is 0 Å². The van der Waals surface area contributed by atoms with E-state index in [9.17, 15) is 9.59 Å². The van der Waals surface area contributed by atoms with Crippen molar-refractivity contribution >= 4 is 44.9 Å². The Balaban J connectivity index is 2.37. The van der Waals surface area contributed by atoms with Gasteiger partial charge >= 0.3 is 0 Å². The summed E-state index contributed by atoms with van der Waals surface area (Å²) < 4.78 is 0.789. The van der Waals surface area contributed by atoms with Crippen molar-refractivity contribution in [1.82, 2.24) is 0 Å². The lowest BCUT2D eigenvalue weighted by molar-refractivity contribution is -0.121. The van der Waals surface area contributed by atoms with E-state index in [1.54, 1.807) is 18.2 Å². The van der Waals surface area contributed by atoms with Crippen LogP contribution >= 0.6 is 27.5 Å². The van der Waals surface area contributed by atoms with Gasteiger partial charge in [-0.05, 0) is 18.2 Å². The molecular weight excluding hydrogens is 281 g/mol. The highest BCUT2D eigenvalue weighted by Gasteiger charge is 2.28. The summed E-state index contributed by atoms with van der Waals surface area (Å²) in [5.41, 5.74) is 0.658. The minimum Gasteiger partial charge on any atom is -0.305 e. The zero-order chi connectivity index (χ0) is 11.0. The highest BCUT2D eigenvalue weighted by molar-refractivity contribution is 9.10. The zero-order valence-electron chi connectivity index (χ0n) is 7.67. The molecule has 15 heavy (non-hydrogen) atoms. The minimum absolute atomic E-state index is 0.00979. The molecule has 1 aromatic carbocycles. The fourth-order valence-corrected chi connectivity index (χ4v) is 2.36. The highest BCUT2D eigenvalue weighted by atomic mass is 79.9. The van der Waals surface area contributed by atoms with Gasteiger partial charge < -0.3 is 4.90 Å². The van der Waals surface area contributed by atoms with E-state index in [0.29, 0.717) is 10.7 Å². The molecule has 78 valence electrons. The second-order valence-corrected chi connectivity index (χ2v) is 4.68. The van der Waals surface area contributed by atoms with Gasteiger partial charge in [0.15, 0.2) is 5.78 Å². The van der Waals surface area contributed by atoms with Gasteiger partial charge in [0.2, 0.25) is 5.91 Å². The molecule has 0 saturated carbocycles. The van der Waals surface area contributed by atoms with Crippen LogP contribution in [0.3, 0.4) is 0 Å². The van der Waals surface area contributed by atoms with E-state index in [2.05, 4.69) is 15.9 Å². The van der Waals surface area contributed by atoms with Crippen LogP contribution in [0, 0.1) is 0 Å². The molecule has 0 atom stereocenters. The van der Waals surface area contributed by atoms with E-state index in [-0.39, 0.29) is 24.7 Å². The lowest BCUT2D eigenvalue weighted by Gasteiger charge is -2.15. The monoisotopic (exact) mass is 287 g/mol. The normalized spacial score (nSPS) is 16.3. The van der Waals surface area contributed by atoms with Crippen molar-refractivity contribution in [2.45, 2.75) is 6.42 Å². The first-order valence-electron chi connectivity index (χ1n) is 4.34. The third-order valence-corrected chi connectivity index (χ3v) is 2.82. The van der Waals surface area contributed by atoms with Crippen LogP contribution in [0.1, 0.15) is 6.42 Å². The van der Waals surface area contributed by atoms with Gasteiger partial charge in [-0.2, -0.15) is 0 Å². The van der Waals surface area contributed by atoms with Gasteiger partial charge in [-0.1, -0.05) is 27.5 Å². The fraction of sp³-hybridized carbons (Fsp3) is 0.200. The van der Waals surface area contributed by atoms with E-state index >= 15 is 0 Å². The van der Waals surface area contributed by atoms with Crippen molar-refractivity contribution in [3.05, 3.63) is 27.7 Å². The van der Waals surface area contributed by atoms with Gasteiger partial charge in [-0.15, -0.1) is 0 Å². The molecule has 1 fully saturated rings. The second-order valence-electron chi connectivity index (χ2n) is 3.32. The molecule has 1 saturated heterocycles. The van der Waals surface area contributed by atoms with Crippen molar-refractivity contribution in [2.24, 2.45) is 0 Å².